The van der Waals surface area contributed by atoms with Crippen molar-refractivity contribution in [3.8, 4) is 0 Å². The molecule has 0 aliphatic carbocycles. The van der Waals surface area contributed by atoms with E-state index in [1.807, 2.05) is 0 Å². The van der Waals surface area contributed by atoms with Crippen LogP contribution in [0.2, 0.25) is 0 Å². The van der Waals surface area contributed by atoms with E-state index >= 15 is 0 Å². The number of pyridine rings is 1. The van der Waals surface area contributed by atoms with Crippen molar-refractivity contribution in [2.75, 3.05) is 12.4 Å². The number of hydrogen-bond acceptors (Lipinski definition) is 4. The normalized spacial score (nSPS) is 10.7. The molecule has 2 N–H and O–H groups in total. The minimum absolute atomic E-state index is 0.510. The van der Waals surface area contributed by atoms with E-state index in [0.29, 0.717) is 10.3 Å². The molecule has 20 heavy (non-hydrogen) atoms. The largest absolute Gasteiger partial charge is 0.443 e. The van der Waals surface area contributed by atoms with Crippen LogP contribution in [0, 0.1) is 0 Å². The molecule has 1 heterocycles. The van der Waals surface area contributed by atoms with Crippen molar-refractivity contribution in [3.05, 3.63) is 22.9 Å². The van der Waals surface area contributed by atoms with E-state index < -0.39 is 17.7 Å². The third kappa shape index (κ3) is 5.87. The number of anilines is 1. The van der Waals surface area contributed by atoms with E-state index in [-0.39, 0.29) is 0 Å². The van der Waals surface area contributed by atoms with Gasteiger partial charge in [0.05, 0.1) is 11.9 Å². The summed E-state index contributed by atoms with van der Waals surface area (Å²) in [6.45, 7) is 5.21. The molecule has 0 aliphatic rings. The number of carbonyl (C=O) groups is 2. The van der Waals surface area contributed by atoms with Crippen molar-refractivity contribution in [2.24, 2.45) is 0 Å². The molecule has 8 heteroatoms. The summed E-state index contributed by atoms with van der Waals surface area (Å²) in [5.41, 5.74) is 2.18. The number of carbonyl (C=O) groups excluding carboxylic acids is 2. The number of ether oxygens (including phenoxy) is 1. The van der Waals surface area contributed by atoms with Gasteiger partial charge in [-0.1, -0.05) is 0 Å². The van der Waals surface area contributed by atoms with E-state index in [1.54, 1.807) is 32.9 Å². The number of urea groups is 1. The summed E-state index contributed by atoms with van der Waals surface area (Å²) in [7, 11) is 1.41. The molecule has 0 aromatic carbocycles. The summed E-state index contributed by atoms with van der Waals surface area (Å²) in [6.07, 6.45) is 0.785. The molecule has 1 aromatic heterocycles. The summed E-state index contributed by atoms with van der Waals surface area (Å²) in [5.74, 6) is 0. The Morgan fingerprint density at radius 1 is 1.35 bits per heavy atom. The average Bonchev–Trinajstić information content (AvgIpc) is 2.29. The topological polar surface area (TPSA) is 83.6 Å². The van der Waals surface area contributed by atoms with Crippen molar-refractivity contribution in [1.29, 1.82) is 0 Å². The summed E-state index contributed by atoms with van der Waals surface area (Å²) < 4.78 is 5.70. The standard InChI is InChI=1S/C12H17BrN4O3/c1-12(2,3)20-11(19)16-17(4)10(18)15-8-5-6-9(13)14-7-8/h5-7H,1-4H3,(H,15,18)(H,16,19). The zero-order valence-corrected chi connectivity index (χ0v) is 13.3. The maximum absolute atomic E-state index is 11.8. The number of amides is 3. The van der Waals surface area contributed by atoms with Crippen molar-refractivity contribution in [3.63, 3.8) is 0 Å². The lowest BCUT2D eigenvalue weighted by Crippen LogP contribution is -2.47. The van der Waals surface area contributed by atoms with Gasteiger partial charge in [0.1, 0.15) is 10.2 Å². The monoisotopic (exact) mass is 344 g/mol. The second-order valence-electron chi connectivity index (χ2n) is 4.97. The minimum atomic E-state index is -0.705. The molecular weight excluding hydrogens is 328 g/mol. The Kier molecular flexibility index (Phi) is 5.32. The Balaban J connectivity index is 2.51. The van der Waals surface area contributed by atoms with Gasteiger partial charge in [-0.05, 0) is 48.8 Å². The first kappa shape index (κ1) is 16.2. The van der Waals surface area contributed by atoms with Gasteiger partial charge in [-0.2, -0.15) is 0 Å². The molecule has 0 bridgehead atoms. The molecule has 0 unspecified atom stereocenters. The van der Waals surface area contributed by atoms with Gasteiger partial charge in [-0.3, -0.25) is 0 Å². The van der Waals surface area contributed by atoms with E-state index in [2.05, 4.69) is 31.7 Å². The number of hydrazine groups is 1. The SMILES string of the molecule is CN(NC(=O)OC(C)(C)C)C(=O)Nc1ccc(Br)nc1. The van der Waals surface area contributed by atoms with Crippen molar-refractivity contribution in [1.82, 2.24) is 15.4 Å². The highest BCUT2D eigenvalue weighted by molar-refractivity contribution is 9.10. The van der Waals surface area contributed by atoms with Gasteiger partial charge in [0.25, 0.3) is 0 Å². The molecule has 0 saturated heterocycles. The van der Waals surface area contributed by atoms with E-state index in [4.69, 9.17) is 4.74 Å². The van der Waals surface area contributed by atoms with Gasteiger partial charge in [0.15, 0.2) is 0 Å². The first-order valence-corrected chi connectivity index (χ1v) is 6.62. The van der Waals surface area contributed by atoms with Crippen LogP contribution >= 0.6 is 15.9 Å². The predicted octanol–water partition coefficient (Wildman–Crippen LogP) is 2.75. The zero-order chi connectivity index (χ0) is 15.3. The maximum Gasteiger partial charge on any atom is 0.426 e. The molecule has 0 saturated carbocycles. The molecule has 0 spiro atoms. The van der Waals surface area contributed by atoms with Gasteiger partial charge in [-0.25, -0.2) is 25.0 Å². The first-order valence-electron chi connectivity index (χ1n) is 5.83. The lowest BCUT2D eigenvalue weighted by molar-refractivity contribution is 0.0412. The Bertz CT molecular complexity index is 484. The average molecular weight is 345 g/mol. The summed E-state index contributed by atoms with van der Waals surface area (Å²) in [5, 5.41) is 3.57. The molecule has 1 rings (SSSR count). The lowest BCUT2D eigenvalue weighted by Gasteiger charge is -2.23. The van der Waals surface area contributed by atoms with Gasteiger partial charge in [-0.15, -0.1) is 0 Å². The fourth-order valence-electron chi connectivity index (χ4n) is 1.15. The van der Waals surface area contributed by atoms with Crippen LogP contribution in [0.15, 0.2) is 22.9 Å². The number of hydrogen-bond donors (Lipinski definition) is 2. The number of aromatic nitrogens is 1. The molecule has 0 fully saturated rings. The van der Waals surface area contributed by atoms with Gasteiger partial charge >= 0.3 is 12.1 Å². The molecular formula is C12H17BrN4O3. The lowest BCUT2D eigenvalue weighted by atomic mass is 10.2. The van der Waals surface area contributed by atoms with Crippen LogP contribution in [-0.2, 0) is 4.74 Å². The van der Waals surface area contributed by atoms with Crippen molar-refractivity contribution < 1.29 is 14.3 Å². The molecule has 0 radical (unpaired) electrons. The fraction of sp³-hybridized carbons (Fsp3) is 0.417. The van der Waals surface area contributed by atoms with Crippen LogP contribution in [0.4, 0.5) is 15.3 Å². The van der Waals surface area contributed by atoms with Gasteiger partial charge in [0.2, 0.25) is 0 Å². The van der Waals surface area contributed by atoms with Crippen LogP contribution in [0.1, 0.15) is 20.8 Å². The second-order valence-corrected chi connectivity index (χ2v) is 5.78. The molecule has 7 nitrogen and oxygen atoms in total. The molecule has 0 aliphatic heterocycles. The Labute approximate surface area is 125 Å². The third-order valence-electron chi connectivity index (χ3n) is 1.94. The number of nitrogens with one attached hydrogen (secondary N) is 2. The minimum Gasteiger partial charge on any atom is -0.443 e. The Hall–Kier alpha value is -1.83. The maximum atomic E-state index is 11.8. The highest BCUT2D eigenvalue weighted by atomic mass is 79.9. The molecule has 0 atom stereocenters. The van der Waals surface area contributed by atoms with Crippen LogP contribution < -0.4 is 10.7 Å². The van der Waals surface area contributed by atoms with E-state index in [0.717, 1.165) is 5.01 Å². The van der Waals surface area contributed by atoms with Crippen LogP contribution in [0.5, 0.6) is 0 Å². The Morgan fingerprint density at radius 2 is 2.00 bits per heavy atom. The van der Waals surface area contributed by atoms with Crippen LogP contribution in [0.25, 0.3) is 0 Å². The first-order chi connectivity index (χ1) is 9.17. The van der Waals surface area contributed by atoms with E-state index in [1.165, 1.54) is 13.2 Å². The molecule has 1 aromatic rings. The number of halogens is 1. The highest BCUT2D eigenvalue weighted by Gasteiger charge is 2.19. The van der Waals surface area contributed by atoms with E-state index in [9.17, 15) is 9.59 Å². The Morgan fingerprint density at radius 3 is 2.50 bits per heavy atom. The summed E-state index contributed by atoms with van der Waals surface area (Å²) in [4.78, 5) is 27.3. The smallest absolute Gasteiger partial charge is 0.426 e. The quantitative estimate of drug-likeness (QED) is 0.606. The zero-order valence-electron chi connectivity index (χ0n) is 11.7. The van der Waals surface area contributed by atoms with Crippen LogP contribution in [0.3, 0.4) is 0 Å². The third-order valence-corrected chi connectivity index (χ3v) is 2.41. The second kappa shape index (κ2) is 6.56. The van der Waals surface area contributed by atoms with Gasteiger partial charge in [0, 0.05) is 7.05 Å². The molecule has 3 amide bonds. The van der Waals surface area contributed by atoms with Crippen molar-refractivity contribution in [2.45, 2.75) is 26.4 Å². The number of nitrogens with zero attached hydrogens (tertiary/aromatic N) is 2. The predicted molar refractivity (Wildman–Crippen MR) is 78.1 cm³/mol. The molecule has 110 valence electrons. The van der Waals surface area contributed by atoms with Crippen molar-refractivity contribution >= 4 is 33.7 Å². The van der Waals surface area contributed by atoms with Crippen LogP contribution in [-0.4, -0.2) is 34.8 Å². The number of rotatable bonds is 1. The fourth-order valence-corrected chi connectivity index (χ4v) is 1.38. The van der Waals surface area contributed by atoms with Gasteiger partial charge < -0.3 is 10.1 Å². The summed E-state index contributed by atoms with van der Waals surface area (Å²) in [6, 6.07) is 2.85. The highest BCUT2D eigenvalue weighted by Crippen LogP contribution is 2.11. The summed E-state index contributed by atoms with van der Waals surface area (Å²) >= 11 is 3.19.